The lowest BCUT2D eigenvalue weighted by molar-refractivity contribution is -0.135. The minimum Gasteiger partial charge on any atom is -0.355 e. The molecule has 2 aliphatic rings. The molecule has 2 saturated heterocycles. The van der Waals surface area contributed by atoms with Gasteiger partial charge in [0.15, 0.2) is 0 Å². The number of hydrogen-bond acceptors (Lipinski definition) is 3. The van der Waals surface area contributed by atoms with Crippen molar-refractivity contribution in [3.05, 3.63) is 0 Å². The molecule has 0 spiro atoms. The van der Waals surface area contributed by atoms with Gasteiger partial charge >= 0.3 is 0 Å². The van der Waals surface area contributed by atoms with Crippen LogP contribution in [-0.4, -0.2) is 48.8 Å². The molecule has 0 aromatic heterocycles. The largest absolute Gasteiger partial charge is 0.355 e. The highest BCUT2D eigenvalue weighted by Gasteiger charge is 2.28. The molecule has 0 aromatic carbocycles. The summed E-state index contributed by atoms with van der Waals surface area (Å²) in [4.78, 5) is 36.0. The molecule has 2 rings (SSSR count). The Morgan fingerprint density at radius 1 is 1.33 bits per heavy atom. The Labute approximate surface area is 106 Å². The van der Waals surface area contributed by atoms with Crippen LogP contribution in [0.3, 0.4) is 0 Å². The first-order valence-corrected chi connectivity index (χ1v) is 6.37. The van der Waals surface area contributed by atoms with E-state index >= 15 is 0 Å². The number of nitrogens with one attached hydrogen (secondary N) is 2. The molecule has 0 saturated carbocycles. The van der Waals surface area contributed by atoms with Crippen LogP contribution in [0.4, 0.5) is 0 Å². The Hall–Kier alpha value is -1.59. The van der Waals surface area contributed by atoms with Crippen LogP contribution in [0.25, 0.3) is 0 Å². The predicted octanol–water partition coefficient (Wildman–Crippen LogP) is -0.750. The van der Waals surface area contributed by atoms with E-state index in [0.29, 0.717) is 38.8 Å². The molecular formula is C12H19N3O3. The van der Waals surface area contributed by atoms with Crippen molar-refractivity contribution >= 4 is 17.7 Å². The second kappa shape index (κ2) is 5.37. The van der Waals surface area contributed by atoms with Crippen molar-refractivity contribution in [1.82, 2.24) is 15.5 Å². The van der Waals surface area contributed by atoms with E-state index in [1.807, 2.05) is 0 Å². The number of carbonyl (C=O) groups excluding carboxylic acids is 3. The number of likely N-dealkylation sites (N-methyl/N-ethyl adjacent to an activating group) is 1. The molecule has 2 N–H and O–H groups in total. The third kappa shape index (κ3) is 3.00. The zero-order chi connectivity index (χ0) is 13.1. The Bertz CT molecular complexity index is 360. The van der Waals surface area contributed by atoms with Crippen molar-refractivity contribution in [2.24, 2.45) is 5.92 Å². The van der Waals surface area contributed by atoms with Crippen molar-refractivity contribution in [1.29, 1.82) is 0 Å². The van der Waals surface area contributed by atoms with Crippen molar-refractivity contribution in [3.8, 4) is 0 Å². The maximum atomic E-state index is 12.0. The maximum Gasteiger partial charge on any atom is 0.225 e. The van der Waals surface area contributed by atoms with Crippen LogP contribution in [0, 0.1) is 5.92 Å². The van der Waals surface area contributed by atoms with Crippen molar-refractivity contribution in [2.75, 3.05) is 20.1 Å². The second-order valence-electron chi connectivity index (χ2n) is 5.06. The van der Waals surface area contributed by atoms with Crippen LogP contribution < -0.4 is 10.6 Å². The van der Waals surface area contributed by atoms with E-state index in [2.05, 4.69) is 10.6 Å². The fourth-order valence-electron chi connectivity index (χ4n) is 2.41. The first-order chi connectivity index (χ1) is 8.56. The van der Waals surface area contributed by atoms with Crippen LogP contribution in [0.5, 0.6) is 0 Å². The number of rotatable bonds is 2. The zero-order valence-corrected chi connectivity index (χ0v) is 10.6. The third-order valence-electron chi connectivity index (χ3n) is 3.61. The van der Waals surface area contributed by atoms with Crippen LogP contribution >= 0.6 is 0 Å². The van der Waals surface area contributed by atoms with Gasteiger partial charge in [0.25, 0.3) is 0 Å². The smallest absolute Gasteiger partial charge is 0.225 e. The zero-order valence-electron chi connectivity index (χ0n) is 10.6. The summed E-state index contributed by atoms with van der Waals surface area (Å²) in [5, 5.41) is 5.67. The van der Waals surface area contributed by atoms with Gasteiger partial charge in [-0.1, -0.05) is 0 Å². The molecule has 3 amide bonds. The Kier molecular flexibility index (Phi) is 3.84. The average molecular weight is 253 g/mol. The molecule has 2 unspecified atom stereocenters. The summed E-state index contributed by atoms with van der Waals surface area (Å²) in [5.41, 5.74) is 0. The number of amides is 3. The third-order valence-corrected chi connectivity index (χ3v) is 3.61. The molecular weight excluding hydrogens is 234 g/mol. The lowest BCUT2D eigenvalue weighted by Gasteiger charge is -2.31. The first kappa shape index (κ1) is 12.9. The van der Waals surface area contributed by atoms with Gasteiger partial charge in [-0.25, -0.2) is 0 Å². The summed E-state index contributed by atoms with van der Waals surface area (Å²) in [6, 6.07) is 0.0397. The van der Waals surface area contributed by atoms with Crippen molar-refractivity contribution in [3.63, 3.8) is 0 Å². The van der Waals surface area contributed by atoms with Gasteiger partial charge in [0, 0.05) is 39.0 Å². The van der Waals surface area contributed by atoms with Crippen LogP contribution in [-0.2, 0) is 14.4 Å². The Morgan fingerprint density at radius 2 is 2.11 bits per heavy atom. The van der Waals surface area contributed by atoms with Crippen LogP contribution in [0.1, 0.15) is 25.7 Å². The summed E-state index contributed by atoms with van der Waals surface area (Å²) in [7, 11) is 1.75. The molecule has 0 aromatic rings. The fraction of sp³-hybridized carbons (Fsp3) is 0.750. The molecule has 100 valence electrons. The van der Waals surface area contributed by atoms with Crippen LogP contribution in [0.15, 0.2) is 0 Å². The Balaban J connectivity index is 1.80. The SMILES string of the molecule is CN1CC(NC(=O)C2CCC(=O)NC2)CCC1=O. The van der Waals surface area contributed by atoms with Gasteiger partial charge in [-0.2, -0.15) is 0 Å². The van der Waals surface area contributed by atoms with Gasteiger partial charge in [0.2, 0.25) is 17.7 Å². The summed E-state index contributed by atoms with van der Waals surface area (Å²) >= 11 is 0. The highest BCUT2D eigenvalue weighted by Crippen LogP contribution is 2.14. The molecule has 2 atom stereocenters. The summed E-state index contributed by atoms with van der Waals surface area (Å²) in [5.74, 6) is 0.000795. The lowest BCUT2D eigenvalue weighted by atomic mass is 9.97. The number of piperidine rings is 2. The normalized spacial score (nSPS) is 28.8. The van der Waals surface area contributed by atoms with E-state index in [0.717, 1.165) is 0 Å². The molecule has 2 fully saturated rings. The predicted molar refractivity (Wildman–Crippen MR) is 64.5 cm³/mol. The van der Waals surface area contributed by atoms with Gasteiger partial charge < -0.3 is 15.5 Å². The molecule has 0 radical (unpaired) electrons. The van der Waals surface area contributed by atoms with E-state index in [9.17, 15) is 14.4 Å². The number of carbonyl (C=O) groups is 3. The van der Waals surface area contributed by atoms with Gasteiger partial charge in [0.05, 0.1) is 5.92 Å². The van der Waals surface area contributed by atoms with Gasteiger partial charge in [-0.05, 0) is 12.8 Å². The molecule has 2 heterocycles. The second-order valence-corrected chi connectivity index (χ2v) is 5.06. The standard InChI is InChI=1S/C12H19N3O3/c1-15-7-9(3-5-11(15)17)14-12(18)8-2-4-10(16)13-6-8/h8-9H,2-7H2,1H3,(H,13,16)(H,14,18). The topological polar surface area (TPSA) is 78.5 Å². The molecule has 0 aliphatic carbocycles. The molecule has 6 nitrogen and oxygen atoms in total. The number of nitrogens with zero attached hydrogens (tertiary/aromatic N) is 1. The first-order valence-electron chi connectivity index (χ1n) is 6.37. The highest BCUT2D eigenvalue weighted by molar-refractivity contribution is 5.84. The average Bonchev–Trinajstić information content (AvgIpc) is 2.34. The van der Waals surface area contributed by atoms with Crippen LogP contribution in [0.2, 0.25) is 0 Å². The van der Waals surface area contributed by atoms with Gasteiger partial charge in [0.1, 0.15) is 0 Å². The summed E-state index contributed by atoms with van der Waals surface area (Å²) < 4.78 is 0. The molecule has 2 aliphatic heterocycles. The van der Waals surface area contributed by atoms with E-state index in [4.69, 9.17) is 0 Å². The Morgan fingerprint density at radius 3 is 2.72 bits per heavy atom. The highest BCUT2D eigenvalue weighted by atomic mass is 16.2. The summed E-state index contributed by atoms with van der Waals surface area (Å²) in [6.45, 7) is 0.996. The van der Waals surface area contributed by atoms with E-state index < -0.39 is 0 Å². The molecule has 6 heteroatoms. The fourth-order valence-corrected chi connectivity index (χ4v) is 2.41. The minimum atomic E-state index is -0.134. The number of hydrogen-bond donors (Lipinski definition) is 2. The van der Waals surface area contributed by atoms with E-state index in [1.165, 1.54) is 0 Å². The van der Waals surface area contributed by atoms with E-state index in [1.54, 1.807) is 11.9 Å². The molecule has 0 bridgehead atoms. The van der Waals surface area contributed by atoms with E-state index in [-0.39, 0.29) is 29.7 Å². The van der Waals surface area contributed by atoms with Crippen molar-refractivity contribution in [2.45, 2.75) is 31.7 Å². The minimum absolute atomic E-state index is 0.0113. The monoisotopic (exact) mass is 253 g/mol. The lowest BCUT2D eigenvalue weighted by Crippen LogP contribution is -2.51. The quantitative estimate of drug-likeness (QED) is 0.679. The molecule has 18 heavy (non-hydrogen) atoms. The maximum absolute atomic E-state index is 12.0. The van der Waals surface area contributed by atoms with Crippen molar-refractivity contribution < 1.29 is 14.4 Å². The summed E-state index contributed by atoms with van der Waals surface area (Å²) in [6.07, 6.45) is 2.22. The number of likely N-dealkylation sites (tertiary alicyclic amines) is 1. The van der Waals surface area contributed by atoms with Gasteiger partial charge in [-0.3, -0.25) is 14.4 Å². The van der Waals surface area contributed by atoms with Gasteiger partial charge in [-0.15, -0.1) is 0 Å².